The highest BCUT2D eigenvalue weighted by Gasteiger charge is 2.38. The molecule has 1 aromatic carbocycles. The molecule has 2 N–H and O–H groups in total. The van der Waals surface area contributed by atoms with E-state index in [1.807, 2.05) is 18.2 Å². The van der Waals surface area contributed by atoms with Crippen molar-refractivity contribution in [3.05, 3.63) is 24.1 Å². The zero-order valence-corrected chi connectivity index (χ0v) is 13.8. The molecular formula is C19H23N3O2. The van der Waals surface area contributed by atoms with Crippen LogP contribution < -0.4 is 10.6 Å². The smallest absolute Gasteiger partial charge is 0.241 e. The fourth-order valence-corrected chi connectivity index (χ4v) is 4.28. The number of benzene rings is 1. The number of carbonyl (C=O) groups excluding carboxylic acids is 1. The van der Waals surface area contributed by atoms with E-state index in [9.17, 15) is 4.79 Å². The van der Waals surface area contributed by atoms with Gasteiger partial charge in [0.15, 0.2) is 11.5 Å². The first-order chi connectivity index (χ1) is 11.8. The molecular weight excluding hydrogens is 302 g/mol. The van der Waals surface area contributed by atoms with E-state index in [2.05, 4.69) is 15.6 Å². The van der Waals surface area contributed by atoms with Gasteiger partial charge in [0, 0.05) is 23.7 Å². The lowest BCUT2D eigenvalue weighted by atomic mass is 9.85. The van der Waals surface area contributed by atoms with Crippen molar-refractivity contribution in [2.24, 2.45) is 5.92 Å². The van der Waals surface area contributed by atoms with Gasteiger partial charge in [0.1, 0.15) is 5.52 Å². The largest absolute Gasteiger partial charge is 0.440 e. The molecule has 5 heteroatoms. The third kappa shape index (κ3) is 2.61. The summed E-state index contributed by atoms with van der Waals surface area (Å²) in [4.78, 5) is 17.1. The third-order valence-electron chi connectivity index (χ3n) is 5.78. The standard InChI is InChI=1S/C19H23N3O2/c23-18(16-9-12-3-1-2-4-14(12)21-16)20-13-7-8-15-17(10-13)24-19(22-15)11-5-6-11/h7-8,10-12,14,16,21H,1-6,9H2,(H,20,23). The summed E-state index contributed by atoms with van der Waals surface area (Å²) < 4.78 is 5.84. The number of nitrogens with one attached hydrogen (secondary N) is 2. The first-order valence-corrected chi connectivity index (χ1v) is 9.24. The third-order valence-corrected chi connectivity index (χ3v) is 5.78. The maximum absolute atomic E-state index is 12.6. The van der Waals surface area contributed by atoms with Crippen molar-refractivity contribution in [1.29, 1.82) is 0 Å². The van der Waals surface area contributed by atoms with Crippen LogP contribution >= 0.6 is 0 Å². The molecule has 24 heavy (non-hydrogen) atoms. The SMILES string of the molecule is O=C(Nc1ccc2nc(C3CC3)oc2c1)C1CC2CCCCC2N1. The zero-order valence-electron chi connectivity index (χ0n) is 13.8. The Morgan fingerprint density at radius 2 is 2.08 bits per heavy atom. The number of aromatic nitrogens is 1. The molecule has 0 radical (unpaired) electrons. The molecule has 126 valence electrons. The van der Waals surface area contributed by atoms with Crippen LogP contribution in [0.15, 0.2) is 22.6 Å². The summed E-state index contributed by atoms with van der Waals surface area (Å²) in [7, 11) is 0. The molecule has 1 amide bonds. The summed E-state index contributed by atoms with van der Waals surface area (Å²) in [5, 5.41) is 6.58. The monoisotopic (exact) mass is 325 g/mol. The van der Waals surface area contributed by atoms with Gasteiger partial charge < -0.3 is 15.1 Å². The maximum atomic E-state index is 12.6. The number of anilines is 1. The predicted molar refractivity (Wildman–Crippen MR) is 91.9 cm³/mol. The van der Waals surface area contributed by atoms with Crippen molar-refractivity contribution >= 4 is 22.7 Å². The Bertz CT molecular complexity index is 766. The Morgan fingerprint density at radius 1 is 1.21 bits per heavy atom. The van der Waals surface area contributed by atoms with Crippen LogP contribution in [0, 0.1) is 5.92 Å². The Balaban J connectivity index is 1.30. The highest BCUT2D eigenvalue weighted by Crippen LogP contribution is 2.40. The van der Waals surface area contributed by atoms with E-state index < -0.39 is 0 Å². The van der Waals surface area contributed by atoms with E-state index in [0.717, 1.165) is 29.1 Å². The van der Waals surface area contributed by atoms with Crippen molar-refractivity contribution in [2.75, 3.05) is 5.32 Å². The zero-order chi connectivity index (χ0) is 16.1. The Hall–Kier alpha value is -1.88. The lowest BCUT2D eigenvalue weighted by Gasteiger charge is -2.24. The first-order valence-electron chi connectivity index (χ1n) is 9.24. The van der Waals surface area contributed by atoms with Crippen molar-refractivity contribution in [1.82, 2.24) is 10.3 Å². The second-order valence-corrected chi connectivity index (χ2v) is 7.60. The number of hydrogen-bond acceptors (Lipinski definition) is 4. The average molecular weight is 325 g/mol. The van der Waals surface area contributed by atoms with Crippen LogP contribution in [-0.4, -0.2) is 23.0 Å². The molecule has 3 fully saturated rings. The molecule has 2 aliphatic carbocycles. The van der Waals surface area contributed by atoms with E-state index in [-0.39, 0.29) is 11.9 Å². The van der Waals surface area contributed by atoms with E-state index in [0.29, 0.717) is 17.9 Å². The van der Waals surface area contributed by atoms with Crippen LogP contribution in [0.5, 0.6) is 0 Å². The van der Waals surface area contributed by atoms with Gasteiger partial charge in [0.2, 0.25) is 5.91 Å². The van der Waals surface area contributed by atoms with Gasteiger partial charge in [-0.05, 0) is 50.2 Å². The van der Waals surface area contributed by atoms with Crippen molar-refractivity contribution in [3.8, 4) is 0 Å². The summed E-state index contributed by atoms with van der Waals surface area (Å²) in [6.45, 7) is 0. The van der Waals surface area contributed by atoms with E-state index in [4.69, 9.17) is 4.42 Å². The Kier molecular flexibility index (Phi) is 3.37. The van der Waals surface area contributed by atoms with E-state index in [1.54, 1.807) is 0 Å². The number of hydrogen-bond donors (Lipinski definition) is 2. The molecule has 3 aliphatic rings. The molecule has 2 aromatic rings. The molecule has 2 saturated carbocycles. The van der Waals surface area contributed by atoms with Gasteiger partial charge in [0.25, 0.3) is 0 Å². The average Bonchev–Trinajstić information content (AvgIpc) is 3.20. The number of amides is 1. The van der Waals surface area contributed by atoms with Crippen LogP contribution in [0.4, 0.5) is 5.69 Å². The Labute approximate surface area is 141 Å². The van der Waals surface area contributed by atoms with Gasteiger partial charge in [-0.1, -0.05) is 12.8 Å². The van der Waals surface area contributed by atoms with Gasteiger partial charge in [-0.15, -0.1) is 0 Å². The van der Waals surface area contributed by atoms with Crippen LogP contribution in [0.1, 0.15) is 56.8 Å². The van der Waals surface area contributed by atoms with Crippen molar-refractivity contribution in [2.45, 2.75) is 62.9 Å². The molecule has 5 nitrogen and oxygen atoms in total. The van der Waals surface area contributed by atoms with Gasteiger partial charge >= 0.3 is 0 Å². The second-order valence-electron chi connectivity index (χ2n) is 7.60. The molecule has 1 saturated heterocycles. The summed E-state index contributed by atoms with van der Waals surface area (Å²) in [5.41, 5.74) is 2.44. The summed E-state index contributed by atoms with van der Waals surface area (Å²) in [6, 6.07) is 6.22. The van der Waals surface area contributed by atoms with Crippen molar-refractivity contribution in [3.63, 3.8) is 0 Å². The van der Waals surface area contributed by atoms with Gasteiger partial charge in [-0.25, -0.2) is 4.98 Å². The summed E-state index contributed by atoms with van der Waals surface area (Å²) in [5.74, 6) is 2.09. The van der Waals surface area contributed by atoms with Crippen LogP contribution in [0.3, 0.4) is 0 Å². The number of rotatable bonds is 3. The lowest BCUT2D eigenvalue weighted by molar-refractivity contribution is -0.117. The first kappa shape index (κ1) is 14.5. The molecule has 5 rings (SSSR count). The highest BCUT2D eigenvalue weighted by molar-refractivity contribution is 5.96. The number of oxazole rings is 1. The normalized spacial score (nSPS) is 29.6. The summed E-state index contributed by atoms with van der Waals surface area (Å²) in [6.07, 6.45) is 8.37. The van der Waals surface area contributed by atoms with Crippen LogP contribution in [0.2, 0.25) is 0 Å². The molecule has 3 unspecified atom stereocenters. The minimum Gasteiger partial charge on any atom is -0.440 e. The Morgan fingerprint density at radius 3 is 2.92 bits per heavy atom. The topological polar surface area (TPSA) is 67.2 Å². The van der Waals surface area contributed by atoms with Crippen LogP contribution in [-0.2, 0) is 4.79 Å². The summed E-state index contributed by atoms with van der Waals surface area (Å²) >= 11 is 0. The predicted octanol–water partition coefficient (Wildman–Crippen LogP) is 3.56. The quantitative estimate of drug-likeness (QED) is 0.905. The second kappa shape index (κ2) is 5.59. The molecule has 1 aromatic heterocycles. The fraction of sp³-hybridized carbons (Fsp3) is 0.579. The molecule has 3 atom stereocenters. The molecule has 0 bridgehead atoms. The molecule has 2 heterocycles. The van der Waals surface area contributed by atoms with Crippen LogP contribution in [0.25, 0.3) is 11.1 Å². The lowest BCUT2D eigenvalue weighted by Crippen LogP contribution is -2.39. The van der Waals surface area contributed by atoms with Crippen molar-refractivity contribution < 1.29 is 9.21 Å². The van der Waals surface area contributed by atoms with Gasteiger partial charge in [-0.3, -0.25) is 4.79 Å². The fourth-order valence-electron chi connectivity index (χ4n) is 4.28. The van der Waals surface area contributed by atoms with Gasteiger partial charge in [0.05, 0.1) is 6.04 Å². The van der Waals surface area contributed by atoms with E-state index in [1.165, 1.54) is 38.5 Å². The molecule has 1 aliphatic heterocycles. The number of carbonyl (C=O) groups is 1. The minimum absolute atomic E-state index is 0.0643. The van der Waals surface area contributed by atoms with E-state index >= 15 is 0 Å². The molecule has 0 spiro atoms. The minimum atomic E-state index is -0.0643. The number of nitrogens with zero attached hydrogens (tertiary/aromatic N) is 1. The number of fused-ring (bicyclic) bond motifs is 2. The maximum Gasteiger partial charge on any atom is 0.241 e. The highest BCUT2D eigenvalue weighted by atomic mass is 16.3. The van der Waals surface area contributed by atoms with Gasteiger partial charge in [-0.2, -0.15) is 0 Å².